The third-order valence-electron chi connectivity index (χ3n) is 3.78. The van der Waals surface area contributed by atoms with Gasteiger partial charge in [-0.3, -0.25) is 4.79 Å². The first-order valence-corrected chi connectivity index (χ1v) is 7.56. The molecule has 1 fully saturated rings. The van der Waals surface area contributed by atoms with Crippen LogP contribution in [-0.2, 0) is 11.3 Å². The van der Waals surface area contributed by atoms with Crippen molar-refractivity contribution in [3.63, 3.8) is 0 Å². The van der Waals surface area contributed by atoms with Crippen molar-refractivity contribution in [2.45, 2.75) is 32.4 Å². The van der Waals surface area contributed by atoms with Gasteiger partial charge in [0.15, 0.2) is 0 Å². The molecule has 6 heteroatoms. The second-order valence-corrected chi connectivity index (χ2v) is 5.59. The van der Waals surface area contributed by atoms with E-state index in [1.54, 1.807) is 0 Å². The Bertz CT molecular complexity index is 610. The van der Waals surface area contributed by atoms with Gasteiger partial charge in [0.2, 0.25) is 11.8 Å². The van der Waals surface area contributed by atoms with Crippen molar-refractivity contribution in [2.24, 2.45) is 0 Å². The fraction of sp³-hybridized carbons (Fsp3) is 0.438. The minimum absolute atomic E-state index is 0.0145. The minimum Gasteiger partial charge on any atom is -0.471 e. The standard InChI is InChI=1S/C16H20N4O2/c1-13-6-7-15(18-17-13)22-14-5-4-10-20(11-14)16(21)12-19-8-2-3-9-19/h2-3,6-9,14H,4-5,10-12H2,1H3/t14-/m0/s1. The minimum atomic E-state index is -0.0145. The van der Waals surface area contributed by atoms with E-state index in [0.717, 1.165) is 25.1 Å². The van der Waals surface area contributed by atoms with Crippen LogP contribution >= 0.6 is 0 Å². The molecule has 1 aliphatic rings. The van der Waals surface area contributed by atoms with Gasteiger partial charge in [-0.1, -0.05) is 0 Å². The molecular weight excluding hydrogens is 280 g/mol. The van der Waals surface area contributed by atoms with E-state index in [1.807, 2.05) is 53.0 Å². The lowest BCUT2D eigenvalue weighted by Crippen LogP contribution is -2.45. The van der Waals surface area contributed by atoms with Gasteiger partial charge in [0, 0.05) is 25.0 Å². The molecule has 0 bridgehead atoms. The lowest BCUT2D eigenvalue weighted by atomic mass is 10.1. The Morgan fingerprint density at radius 1 is 1.32 bits per heavy atom. The SMILES string of the molecule is Cc1ccc(O[C@H]2CCCN(C(=O)Cn3cccc3)C2)nn1. The third kappa shape index (κ3) is 3.63. The molecule has 3 rings (SSSR count). The Labute approximate surface area is 129 Å². The van der Waals surface area contributed by atoms with E-state index in [0.29, 0.717) is 19.0 Å². The van der Waals surface area contributed by atoms with Crippen LogP contribution in [-0.4, -0.2) is 44.8 Å². The number of likely N-dealkylation sites (tertiary alicyclic amines) is 1. The quantitative estimate of drug-likeness (QED) is 0.861. The Hall–Kier alpha value is -2.37. The van der Waals surface area contributed by atoms with Gasteiger partial charge >= 0.3 is 0 Å². The fourth-order valence-corrected chi connectivity index (χ4v) is 2.61. The summed E-state index contributed by atoms with van der Waals surface area (Å²) < 4.78 is 7.74. The van der Waals surface area contributed by atoms with Crippen LogP contribution in [0, 0.1) is 6.92 Å². The van der Waals surface area contributed by atoms with E-state index in [-0.39, 0.29) is 12.0 Å². The van der Waals surface area contributed by atoms with Crippen molar-refractivity contribution in [2.75, 3.05) is 13.1 Å². The Morgan fingerprint density at radius 3 is 2.86 bits per heavy atom. The van der Waals surface area contributed by atoms with Crippen LogP contribution in [0.25, 0.3) is 0 Å². The number of piperidine rings is 1. The molecule has 22 heavy (non-hydrogen) atoms. The van der Waals surface area contributed by atoms with Gasteiger partial charge in [-0.05, 0) is 38.0 Å². The molecule has 0 aromatic carbocycles. The van der Waals surface area contributed by atoms with E-state index < -0.39 is 0 Å². The van der Waals surface area contributed by atoms with Crippen molar-refractivity contribution in [3.8, 4) is 5.88 Å². The molecule has 0 spiro atoms. The highest BCUT2D eigenvalue weighted by atomic mass is 16.5. The van der Waals surface area contributed by atoms with E-state index in [1.165, 1.54) is 0 Å². The summed E-state index contributed by atoms with van der Waals surface area (Å²) in [7, 11) is 0. The fourth-order valence-electron chi connectivity index (χ4n) is 2.61. The van der Waals surface area contributed by atoms with Crippen LogP contribution < -0.4 is 4.74 Å². The number of aryl methyl sites for hydroxylation is 1. The zero-order valence-electron chi connectivity index (χ0n) is 12.7. The number of carbonyl (C=O) groups is 1. The number of ether oxygens (including phenoxy) is 1. The number of aromatic nitrogens is 3. The Morgan fingerprint density at radius 2 is 2.14 bits per heavy atom. The van der Waals surface area contributed by atoms with Crippen LogP contribution in [0.3, 0.4) is 0 Å². The molecular formula is C16H20N4O2. The van der Waals surface area contributed by atoms with Gasteiger partial charge in [0.05, 0.1) is 12.2 Å². The smallest absolute Gasteiger partial charge is 0.242 e. The van der Waals surface area contributed by atoms with Gasteiger partial charge in [-0.2, -0.15) is 5.10 Å². The molecule has 1 saturated heterocycles. The molecule has 116 valence electrons. The molecule has 0 N–H and O–H groups in total. The largest absolute Gasteiger partial charge is 0.471 e. The first kappa shape index (κ1) is 14.6. The topological polar surface area (TPSA) is 60.2 Å². The summed E-state index contributed by atoms with van der Waals surface area (Å²) in [5.41, 5.74) is 0.861. The number of rotatable bonds is 4. The monoisotopic (exact) mass is 300 g/mol. The maximum Gasteiger partial charge on any atom is 0.242 e. The van der Waals surface area contributed by atoms with Gasteiger partial charge in [0.25, 0.3) is 0 Å². The zero-order valence-corrected chi connectivity index (χ0v) is 12.7. The van der Waals surface area contributed by atoms with E-state index in [9.17, 15) is 4.79 Å². The lowest BCUT2D eigenvalue weighted by Gasteiger charge is -2.32. The van der Waals surface area contributed by atoms with Crippen molar-refractivity contribution >= 4 is 5.91 Å². The molecule has 3 heterocycles. The van der Waals surface area contributed by atoms with Crippen molar-refractivity contribution in [1.82, 2.24) is 19.7 Å². The summed E-state index contributed by atoms with van der Waals surface area (Å²) in [6.45, 7) is 3.66. The van der Waals surface area contributed by atoms with Gasteiger partial charge < -0.3 is 14.2 Å². The second-order valence-electron chi connectivity index (χ2n) is 5.59. The van der Waals surface area contributed by atoms with Crippen LogP contribution in [0.4, 0.5) is 0 Å². The van der Waals surface area contributed by atoms with E-state index >= 15 is 0 Å². The Kier molecular flexibility index (Phi) is 4.37. The first-order chi connectivity index (χ1) is 10.7. The number of amides is 1. The predicted octanol–water partition coefficient (Wildman–Crippen LogP) is 1.66. The van der Waals surface area contributed by atoms with Crippen LogP contribution in [0.5, 0.6) is 5.88 Å². The van der Waals surface area contributed by atoms with E-state index in [2.05, 4.69) is 10.2 Å². The van der Waals surface area contributed by atoms with Crippen molar-refractivity contribution in [1.29, 1.82) is 0 Å². The van der Waals surface area contributed by atoms with Crippen LogP contribution in [0.15, 0.2) is 36.7 Å². The summed E-state index contributed by atoms with van der Waals surface area (Å²) in [6, 6.07) is 7.54. The molecule has 2 aromatic heterocycles. The highest BCUT2D eigenvalue weighted by Crippen LogP contribution is 2.16. The maximum absolute atomic E-state index is 12.3. The zero-order chi connectivity index (χ0) is 15.4. The molecule has 1 atom stereocenters. The second kappa shape index (κ2) is 6.60. The van der Waals surface area contributed by atoms with Gasteiger partial charge in [0.1, 0.15) is 12.6 Å². The molecule has 1 amide bonds. The molecule has 6 nitrogen and oxygen atoms in total. The van der Waals surface area contributed by atoms with Gasteiger partial charge in [-0.15, -0.1) is 5.10 Å². The molecule has 0 saturated carbocycles. The van der Waals surface area contributed by atoms with Crippen molar-refractivity contribution < 1.29 is 9.53 Å². The first-order valence-electron chi connectivity index (χ1n) is 7.56. The molecule has 2 aromatic rings. The maximum atomic E-state index is 12.3. The summed E-state index contributed by atoms with van der Waals surface area (Å²) in [4.78, 5) is 14.2. The summed E-state index contributed by atoms with van der Waals surface area (Å²) in [6.07, 6.45) is 5.67. The average molecular weight is 300 g/mol. The highest BCUT2D eigenvalue weighted by molar-refractivity contribution is 5.76. The van der Waals surface area contributed by atoms with Crippen LogP contribution in [0.1, 0.15) is 18.5 Å². The number of hydrogen-bond donors (Lipinski definition) is 0. The normalized spacial score (nSPS) is 18.2. The summed E-state index contributed by atoms with van der Waals surface area (Å²) in [5, 5.41) is 8.01. The number of nitrogens with zero attached hydrogens (tertiary/aromatic N) is 4. The lowest BCUT2D eigenvalue weighted by molar-refractivity contribution is -0.134. The highest BCUT2D eigenvalue weighted by Gasteiger charge is 2.25. The Balaban J connectivity index is 1.56. The molecule has 0 radical (unpaired) electrons. The third-order valence-corrected chi connectivity index (χ3v) is 3.78. The molecule has 0 unspecified atom stereocenters. The predicted molar refractivity (Wildman–Crippen MR) is 81.4 cm³/mol. The molecule has 1 aliphatic heterocycles. The van der Waals surface area contributed by atoms with Crippen molar-refractivity contribution in [3.05, 3.63) is 42.4 Å². The van der Waals surface area contributed by atoms with Crippen LogP contribution in [0.2, 0.25) is 0 Å². The molecule has 0 aliphatic carbocycles. The summed E-state index contributed by atoms with van der Waals surface area (Å²) in [5.74, 6) is 0.648. The number of carbonyl (C=O) groups excluding carboxylic acids is 1. The van der Waals surface area contributed by atoms with Gasteiger partial charge in [-0.25, -0.2) is 0 Å². The number of hydrogen-bond acceptors (Lipinski definition) is 4. The summed E-state index contributed by atoms with van der Waals surface area (Å²) >= 11 is 0. The average Bonchev–Trinajstić information content (AvgIpc) is 3.03. The van der Waals surface area contributed by atoms with E-state index in [4.69, 9.17) is 4.74 Å².